The van der Waals surface area contributed by atoms with Crippen molar-refractivity contribution in [3.63, 3.8) is 0 Å². The Morgan fingerprint density at radius 1 is 0.826 bits per heavy atom. The zero-order chi connectivity index (χ0) is 16.2. The first-order valence-electron chi connectivity index (χ1n) is 7.05. The molecular weight excluding hydrogens is 362 g/mol. The van der Waals surface area contributed by atoms with Gasteiger partial charge in [0.15, 0.2) is 11.6 Å². The summed E-state index contributed by atoms with van der Waals surface area (Å²) in [6, 6.07) is 18.7. The number of ether oxygens (including phenoxy) is 1. The Morgan fingerprint density at radius 3 is 2.30 bits per heavy atom. The SMILES string of the molecule is Fc1cc(-c2ccc(Br)cc2F)ccc1OCc1ccccc1. The second-order valence-corrected chi connectivity index (χ2v) is 5.96. The van der Waals surface area contributed by atoms with Crippen molar-refractivity contribution in [2.24, 2.45) is 0 Å². The van der Waals surface area contributed by atoms with Gasteiger partial charge in [0.1, 0.15) is 12.4 Å². The number of halogens is 3. The van der Waals surface area contributed by atoms with E-state index in [9.17, 15) is 8.78 Å². The van der Waals surface area contributed by atoms with Crippen LogP contribution in [0, 0.1) is 11.6 Å². The van der Waals surface area contributed by atoms with Crippen LogP contribution in [0.15, 0.2) is 71.2 Å². The molecule has 0 aliphatic carbocycles. The average molecular weight is 375 g/mol. The van der Waals surface area contributed by atoms with Crippen LogP contribution in [0.2, 0.25) is 0 Å². The summed E-state index contributed by atoms with van der Waals surface area (Å²) in [5.41, 5.74) is 1.77. The van der Waals surface area contributed by atoms with Gasteiger partial charge in [0.05, 0.1) is 0 Å². The molecule has 0 saturated heterocycles. The summed E-state index contributed by atoms with van der Waals surface area (Å²) in [7, 11) is 0. The fraction of sp³-hybridized carbons (Fsp3) is 0.0526. The molecular formula is C19H13BrF2O. The molecule has 0 fully saturated rings. The van der Waals surface area contributed by atoms with Crippen LogP contribution in [-0.2, 0) is 6.61 Å². The number of benzene rings is 3. The lowest BCUT2D eigenvalue weighted by molar-refractivity contribution is 0.290. The van der Waals surface area contributed by atoms with Gasteiger partial charge in [0.2, 0.25) is 0 Å². The van der Waals surface area contributed by atoms with Gasteiger partial charge in [-0.25, -0.2) is 8.78 Å². The monoisotopic (exact) mass is 374 g/mol. The van der Waals surface area contributed by atoms with E-state index in [4.69, 9.17) is 4.74 Å². The van der Waals surface area contributed by atoms with Gasteiger partial charge in [0.25, 0.3) is 0 Å². The number of hydrogen-bond donors (Lipinski definition) is 0. The molecule has 0 radical (unpaired) electrons. The van der Waals surface area contributed by atoms with Gasteiger partial charge in [-0.3, -0.25) is 0 Å². The van der Waals surface area contributed by atoms with E-state index in [1.165, 1.54) is 18.2 Å². The van der Waals surface area contributed by atoms with Crippen molar-refractivity contribution in [1.29, 1.82) is 0 Å². The van der Waals surface area contributed by atoms with Crippen molar-refractivity contribution in [2.75, 3.05) is 0 Å². The van der Waals surface area contributed by atoms with Gasteiger partial charge in [-0.15, -0.1) is 0 Å². The predicted molar refractivity (Wildman–Crippen MR) is 90.3 cm³/mol. The molecule has 0 aromatic heterocycles. The van der Waals surface area contributed by atoms with Crippen LogP contribution in [0.1, 0.15) is 5.56 Å². The van der Waals surface area contributed by atoms with Gasteiger partial charge in [-0.2, -0.15) is 0 Å². The zero-order valence-corrected chi connectivity index (χ0v) is 13.7. The Labute approximate surface area is 141 Å². The molecule has 3 rings (SSSR count). The van der Waals surface area contributed by atoms with E-state index in [0.29, 0.717) is 15.6 Å². The highest BCUT2D eigenvalue weighted by Gasteiger charge is 2.10. The predicted octanol–water partition coefficient (Wildman–Crippen LogP) is 5.97. The molecule has 0 aliphatic rings. The normalized spacial score (nSPS) is 10.6. The Morgan fingerprint density at radius 2 is 1.61 bits per heavy atom. The van der Waals surface area contributed by atoms with Crippen molar-refractivity contribution in [3.8, 4) is 16.9 Å². The van der Waals surface area contributed by atoms with Crippen molar-refractivity contribution >= 4 is 15.9 Å². The molecule has 0 amide bonds. The average Bonchev–Trinajstić information content (AvgIpc) is 2.55. The molecule has 0 unspecified atom stereocenters. The van der Waals surface area contributed by atoms with E-state index in [0.717, 1.165) is 5.56 Å². The molecule has 0 saturated carbocycles. The van der Waals surface area contributed by atoms with Crippen LogP contribution in [0.25, 0.3) is 11.1 Å². The van der Waals surface area contributed by atoms with Gasteiger partial charge in [0, 0.05) is 10.0 Å². The lowest BCUT2D eigenvalue weighted by Gasteiger charge is -2.10. The molecule has 0 spiro atoms. The molecule has 23 heavy (non-hydrogen) atoms. The van der Waals surface area contributed by atoms with Gasteiger partial charge < -0.3 is 4.74 Å². The van der Waals surface area contributed by atoms with E-state index >= 15 is 0 Å². The standard InChI is InChI=1S/C19H13BrF2O/c20-15-7-8-16(17(21)11-15)14-6-9-19(18(22)10-14)23-12-13-4-2-1-3-5-13/h1-11H,12H2. The van der Waals surface area contributed by atoms with Gasteiger partial charge in [-0.05, 0) is 35.4 Å². The summed E-state index contributed by atoms with van der Waals surface area (Å²) in [6.07, 6.45) is 0. The fourth-order valence-corrected chi connectivity index (χ4v) is 2.58. The number of rotatable bonds is 4. The molecule has 4 heteroatoms. The summed E-state index contributed by atoms with van der Waals surface area (Å²) >= 11 is 3.20. The largest absolute Gasteiger partial charge is 0.486 e. The van der Waals surface area contributed by atoms with Crippen LogP contribution < -0.4 is 4.74 Å². The third-order valence-electron chi connectivity index (χ3n) is 3.41. The molecule has 0 heterocycles. The van der Waals surface area contributed by atoms with E-state index < -0.39 is 11.6 Å². The third kappa shape index (κ3) is 3.77. The van der Waals surface area contributed by atoms with E-state index in [1.54, 1.807) is 18.2 Å². The number of hydrogen-bond acceptors (Lipinski definition) is 1. The van der Waals surface area contributed by atoms with E-state index in [-0.39, 0.29) is 12.4 Å². The maximum absolute atomic E-state index is 14.2. The van der Waals surface area contributed by atoms with E-state index in [1.807, 2.05) is 30.3 Å². The van der Waals surface area contributed by atoms with Crippen molar-refractivity contribution in [3.05, 3.63) is 88.4 Å². The first-order valence-corrected chi connectivity index (χ1v) is 7.84. The Balaban J connectivity index is 1.80. The lowest BCUT2D eigenvalue weighted by Crippen LogP contribution is -1.97. The Kier molecular flexibility index (Phi) is 4.72. The smallest absolute Gasteiger partial charge is 0.165 e. The topological polar surface area (TPSA) is 9.23 Å². The zero-order valence-electron chi connectivity index (χ0n) is 12.1. The van der Waals surface area contributed by atoms with Crippen molar-refractivity contribution < 1.29 is 13.5 Å². The molecule has 3 aromatic rings. The fourth-order valence-electron chi connectivity index (χ4n) is 2.24. The maximum Gasteiger partial charge on any atom is 0.165 e. The van der Waals surface area contributed by atoms with Crippen LogP contribution in [0.4, 0.5) is 8.78 Å². The quantitative estimate of drug-likeness (QED) is 0.546. The molecule has 0 N–H and O–H groups in total. The molecule has 0 aliphatic heterocycles. The summed E-state index contributed by atoms with van der Waals surface area (Å²) in [4.78, 5) is 0. The second-order valence-electron chi connectivity index (χ2n) is 5.04. The minimum atomic E-state index is -0.513. The lowest BCUT2D eigenvalue weighted by atomic mass is 10.0. The second kappa shape index (κ2) is 6.92. The highest BCUT2D eigenvalue weighted by molar-refractivity contribution is 9.10. The van der Waals surface area contributed by atoms with Gasteiger partial charge in [-0.1, -0.05) is 58.4 Å². The third-order valence-corrected chi connectivity index (χ3v) is 3.90. The summed E-state index contributed by atoms with van der Waals surface area (Å²) in [5.74, 6) is -0.771. The Bertz CT molecular complexity index is 819. The van der Waals surface area contributed by atoms with Crippen LogP contribution in [0.3, 0.4) is 0 Å². The minimum absolute atomic E-state index is 0.148. The van der Waals surface area contributed by atoms with Crippen LogP contribution >= 0.6 is 15.9 Å². The summed E-state index contributed by atoms with van der Waals surface area (Å²) in [6.45, 7) is 0.281. The molecule has 0 bridgehead atoms. The summed E-state index contributed by atoms with van der Waals surface area (Å²) in [5, 5.41) is 0. The first kappa shape index (κ1) is 15.7. The molecule has 3 aromatic carbocycles. The van der Waals surface area contributed by atoms with Gasteiger partial charge >= 0.3 is 0 Å². The summed E-state index contributed by atoms with van der Waals surface area (Å²) < 4.78 is 34.3. The Hall–Kier alpha value is -2.20. The molecule has 116 valence electrons. The van der Waals surface area contributed by atoms with Crippen molar-refractivity contribution in [2.45, 2.75) is 6.61 Å². The minimum Gasteiger partial charge on any atom is -0.486 e. The highest BCUT2D eigenvalue weighted by atomic mass is 79.9. The van der Waals surface area contributed by atoms with Crippen LogP contribution in [-0.4, -0.2) is 0 Å². The highest BCUT2D eigenvalue weighted by Crippen LogP contribution is 2.29. The first-order chi connectivity index (χ1) is 11.1. The van der Waals surface area contributed by atoms with Crippen LogP contribution in [0.5, 0.6) is 5.75 Å². The molecule has 1 nitrogen and oxygen atoms in total. The van der Waals surface area contributed by atoms with Crippen molar-refractivity contribution in [1.82, 2.24) is 0 Å². The van der Waals surface area contributed by atoms with E-state index in [2.05, 4.69) is 15.9 Å². The molecule has 0 atom stereocenters. The maximum atomic E-state index is 14.2.